The summed E-state index contributed by atoms with van der Waals surface area (Å²) in [6.45, 7) is 16.4. The number of ether oxygens (including phenoxy) is 1. The van der Waals surface area contributed by atoms with E-state index in [-0.39, 0.29) is 12.0 Å². The molecule has 2 heterocycles. The summed E-state index contributed by atoms with van der Waals surface area (Å²) in [5.41, 5.74) is 6.89. The minimum absolute atomic E-state index is 0.00743. The van der Waals surface area contributed by atoms with Gasteiger partial charge in [0.15, 0.2) is 0 Å². The molecule has 0 aromatic heterocycles. The summed E-state index contributed by atoms with van der Waals surface area (Å²) in [5, 5.41) is 13.7. The third-order valence-corrected chi connectivity index (χ3v) is 7.31. The fourth-order valence-electron chi connectivity index (χ4n) is 5.59. The summed E-state index contributed by atoms with van der Waals surface area (Å²) in [6.07, 6.45) is 11.1. The third-order valence-electron chi connectivity index (χ3n) is 7.31. The number of rotatable bonds is 7. The molecule has 0 radical (unpaired) electrons. The van der Waals surface area contributed by atoms with Gasteiger partial charge in [-0.3, -0.25) is 14.8 Å². The number of phenolic OH excluding ortho intramolecular Hbond substituents is 1. The monoisotopic (exact) mass is 463 g/mol. The highest BCUT2D eigenvalue weighted by Gasteiger charge is 2.35. The summed E-state index contributed by atoms with van der Waals surface area (Å²) in [7, 11) is 0. The van der Waals surface area contributed by atoms with Crippen LogP contribution in [0.5, 0.6) is 11.5 Å². The second-order valence-corrected chi connectivity index (χ2v) is 10.1. The van der Waals surface area contributed by atoms with Gasteiger partial charge in [-0.25, -0.2) is 0 Å². The molecule has 1 unspecified atom stereocenters. The van der Waals surface area contributed by atoms with Crippen LogP contribution in [-0.2, 0) is 0 Å². The van der Waals surface area contributed by atoms with Crippen molar-refractivity contribution in [3.8, 4) is 11.5 Å². The molecule has 0 amide bonds. The Kier molecular flexibility index (Phi) is 7.98. The molecule has 0 spiro atoms. The van der Waals surface area contributed by atoms with E-state index in [0.29, 0.717) is 18.4 Å². The molecule has 184 valence electrons. The first-order valence-corrected chi connectivity index (χ1v) is 13.1. The SMILES string of the molecule is CCOc1c(C(C)C)c(C(C2=CC=NCC2)N2CCN(C(C)C)CC2)c(O)c2c1=CCCC=C=2. The lowest BCUT2D eigenvalue weighted by molar-refractivity contribution is 0.0860. The van der Waals surface area contributed by atoms with E-state index in [0.717, 1.165) is 79.3 Å². The molecule has 1 N–H and O–H groups in total. The molecule has 1 aromatic rings. The normalized spacial score (nSPS) is 19.9. The van der Waals surface area contributed by atoms with E-state index < -0.39 is 0 Å². The van der Waals surface area contributed by atoms with Crippen molar-refractivity contribution >= 4 is 18.0 Å². The highest BCUT2D eigenvalue weighted by Crippen LogP contribution is 2.42. The van der Waals surface area contributed by atoms with Gasteiger partial charge in [-0.1, -0.05) is 19.9 Å². The van der Waals surface area contributed by atoms with Crippen LogP contribution in [0.3, 0.4) is 0 Å². The molecule has 4 rings (SSSR count). The predicted molar refractivity (Wildman–Crippen MR) is 141 cm³/mol. The van der Waals surface area contributed by atoms with Crippen LogP contribution in [0.1, 0.15) is 77.0 Å². The predicted octanol–water partition coefficient (Wildman–Crippen LogP) is 3.89. The largest absolute Gasteiger partial charge is 0.506 e. The number of fused-ring (bicyclic) bond motifs is 1. The van der Waals surface area contributed by atoms with Crippen LogP contribution in [0, 0.1) is 0 Å². The van der Waals surface area contributed by atoms with E-state index in [9.17, 15) is 5.11 Å². The van der Waals surface area contributed by atoms with Crippen molar-refractivity contribution in [3.05, 3.63) is 39.3 Å². The molecule has 1 aliphatic carbocycles. The number of aliphatic imine (C=N–C) groups is 1. The topological polar surface area (TPSA) is 48.3 Å². The standard InChI is InChI=1S/C29H41N3O2/c1-6-34-29-24-11-9-7-8-10-23(24)28(33)26(25(29)20(2)3)27(22-12-14-30-15-13-22)32-18-16-31(17-19-32)21(4)5/h8,11-12,14,20-21,27,33H,6-7,9,13,15-19H2,1-5H3. The zero-order valence-corrected chi connectivity index (χ0v) is 21.6. The highest BCUT2D eigenvalue weighted by molar-refractivity contribution is 5.74. The Morgan fingerprint density at radius 1 is 1.06 bits per heavy atom. The van der Waals surface area contributed by atoms with Crippen molar-refractivity contribution in [2.75, 3.05) is 39.3 Å². The van der Waals surface area contributed by atoms with Gasteiger partial charge in [0.25, 0.3) is 0 Å². The van der Waals surface area contributed by atoms with Crippen LogP contribution in [0.2, 0.25) is 0 Å². The van der Waals surface area contributed by atoms with Gasteiger partial charge in [0, 0.05) is 61.3 Å². The van der Waals surface area contributed by atoms with E-state index in [2.05, 4.69) is 66.4 Å². The summed E-state index contributed by atoms with van der Waals surface area (Å²) in [6, 6.07) is 0.557. The average Bonchev–Trinajstić information content (AvgIpc) is 3.09. The van der Waals surface area contributed by atoms with Crippen LogP contribution in [0.4, 0.5) is 0 Å². The molecule has 5 nitrogen and oxygen atoms in total. The molecule has 1 fully saturated rings. The molecule has 5 heteroatoms. The number of nitrogens with zero attached hydrogens (tertiary/aromatic N) is 3. The zero-order chi connectivity index (χ0) is 24.2. The first-order valence-electron chi connectivity index (χ1n) is 13.1. The lowest BCUT2D eigenvalue weighted by Gasteiger charge is -2.43. The Labute approximate surface area is 204 Å². The zero-order valence-electron chi connectivity index (χ0n) is 21.6. The number of dihydropyridines is 1. The van der Waals surface area contributed by atoms with Gasteiger partial charge in [0.05, 0.1) is 17.9 Å². The number of hydrogen-bond acceptors (Lipinski definition) is 5. The first kappa shape index (κ1) is 24.8. The lowest BCUT2D eigenvalue weighted by Crippen LogP contribution is -2.50. The number of benzene rings is 1. The van der Waals surface area contributed by atoms with Crippen molar-refractivity contribution in [2.45, 2.75) is 71.9 Å². The van der Waals surface area contributed by atoms with E-state index in [4.69, 9.17) is 4.74 Å². The van der Waals surface area contributed by atoms with E-state index >= 15 is 0 Å². The van der Waals surface area contributed by atoms with Crippen molar-refractivity contribution in [1.82, 2.24) is 9.80 Å². The molecule has 0 saturated carbocycles. The summed E-state index contributed by atoms with van der Waals surface area (Å²) < 4.78 is 6.35. The fourth-order valence-corrected chi connectivity index (χ4v) is 5.59. The Morgan fingerprint density at radius 2 is 1.79 bits per heavy atom. The minimum Gasteiger partial charge on any atom is -0.506 e. The van der Waals surface area contributed by atoms with Crippen LogP contribution >= 0.6 is 0 Å². The van der Waals surface area contributed by atoms with E-state index in [1.54, 1.807) is 0 Å². The van der Waals surface area contributed by atoms with Crippen LogP contribution in [0.15, 0.2) is 22.7 Å². The highest BCUT2D eigenvalue weighted by atomic mass is 16.5. The van der Waals surface area contributed by atoms with Crippen LogP contribution in [0.25, 0.3) is 11.8 Å². The Balaban J connectivity index is 1.97. The molecule has 1 aromatic carbocycles. The second-order valence-electron chi connectivity index (χ2n) is 10.1. The fraction of sp³-hybridized carbons (Fsp3) is 0.586. The van der Waals surface area contributed by atoms with Gasteiger partial charge < -0.3 is 9.84 Å². The van der Waals surface area contributed by atoms with E-state index in [1.165, 1.54) is 5.57 Å². The molecule has 0 bridgehead atoms. The number of piperazine rings is 1. The Hall–Kier alpha value is -2.33. The molecule has 34 heavy (non-hydrogen) atoms. The first-order chi connectivity index (χ1) is 16.4. The van der Waals surface area contributed by atoms with Crippen LogP contribution < -0.4 is 15.2 Å². The molecule has 3 aliphatic rings. The molecule has 1 saturated heterocycles. The molecule has 1 atom stereocenters. The summed E-state index contributed by atoms with van der Waals surface area (Å²) >= 11 is 0. The molecule has 2 aliphatic heterocycles. The maximum atomic E-state index is 11.9. The molecular weight excluding hydrogens is 422 g/mol. The van der Waals surface area contributed by atoms with Crippen molar-refractivity contribution < 1.29 is 9.84 Å². The second kappa shape index (κ2) is 10.9. The summed E-state index contributed by atoms with van der Waals surface area (Å²) in [5.74, 6) is 1.51. The van der Waals surface area contributed by atoms with Crippen LogP contribution in [-0.4, -0.2) is 66.5 Å². The van der Waals surface area contributed by atoms with Gasteiger partial charge in [-0.15, -0.1) is 5.73 Å². The van der Waals surface area contributed by atoms with E-state index in [1.807, 2.05) is 13.1 Å². The van der Waals surface area contributed by atoms with Gasteiger partial charge in [0.2, 0.25) is 0 Å². The summed E-state index contributed by atoms with van der Waals surface area (Å²) in [4.78, 5) is 9.57. The van der Waals surface area contributed by atoms with Gasteiger partial charge in [-0.2, -0.15) is 0 Å². The third kappa shape index (κ3) is 4.88. The van der Waals surface area contributed by atoms with Crippen molar-refractivity contribution in [1.29, 1.82) is 0 Å². The number of phenols is 1. The average molecular weight is 464 g/mol. The van der Waals surface area contributed by atoms with Crippen molar-refractivity contribution in [3.63, 3.8) is 0 Å². The number of hydrogen-bond donors (Lipinski definition) is 1. The van der Waals surface area contributed by atoms with Gasteiger partial charge in [0.1, 0.15) is 11.5 Å². The Bertz CT molecular complexity index is 1100. The smallest absolute Gasteiger partial charge is 0.136 e. The Morgan fingerprint density at radius 3 is 2.41 bits per heavy atom. The maximum Gasteiger partial charge on any atom is 0.136 e. The number of aromatic hydroxyl groups is 1. The maximum absolute atomic E-state index is 11.9. The lowest BCUT2D eigenvalue weighted by atomic mass is 9.83. The van der Waals surface area contributed by atoms with Crippen molar-refractivity contribution in [2.24, 2.45) is 4.99 Å². The minimum atomic E-state index is 0.00743. The van der Waals surface area contributed by atoms with Gasteiger partial charge in [-0.05, 0) is 63.7 Å². The number of allylic oxidation sites excluding steroid dienone is 2. The van der Waals surface area contributed by atoms with Gasteiger partial charge >= 0.3 is 0 Å². The molecular formula is C29H41N3O2. The quantitative estimate of drug-likeness (QED) is 0.667.